The molecule has 8 aromatic carbocycles. The van der Waals surface area contributed by atoms with Crippen molar-refractivity contribution in [2.45, 2.75) is 6.92 Å². The van der Waals surface area contributed by atoms with Gasteiger partial charge in [0.2, 0.25) is 0 Å². The molecule has 246 valence electrons. The lowest BCUT2D eigenvalue weighted by Gasteiger charge is -2.27. The van der Waals surface area contributed by atoms with E-state index in [1.54, 1.807) is 0 Å². The minimum absolute atomic E-state index is 1.10. The van der Waals surface area contributed by atoms with Crippen molar-refractivity contribution in [3.8, 4) is 5.69 Å². The lowest BCUT2D eigenvalue weighted by Crippen LogP contribution is -2.10. The molecule has 0 aliphatic heterocycles. The van der Waals surface area contributed by atoms with Crippen LogP contribution in [0.5, 0.6) is 0 Å². The number of fused-ring (bicyclic) bond motifs is 9. The molecule has 0 N–H and O–H groups in total. The molecule has 0 fully saturated rings. The number of nitrogens with zero attached hydrogens (tertiary/aromatic N) is 2. The Morgan fingerprint density at radius 1 is 0.385 bits per heavy atom. The topological polar surface area (TPSA) is 8.17 Å². The summed E-state index contributed by atoms with van der Waals surface area (Å²) in [5, 5.41) is 11.3. The number of benzene rings is 8. The van der Waals surface area contributed by atoms with Crippen molar-refractivity contribution in [2.24, 2.45) is 0 Å². The molecule has 0 unspecified atom stereocenters. The first-order valence-electron chi connectivity index (χ1n) is 17.8. The van der Waals surface area contributed by atoms with E-state index in [0.29, 0.717) is 0 Å². The van der Waals surface area contributed by atoms with E-state index < -0.39 is 0 Å². The Hall–Kier alpha value is -6.42. The zero-order valence-electron chi connectivity index (χ0n) is 28.7. The van der Waals surface area contributed by atoms with Crippen molar-refractivity contribution in [3.63, 3.8) is 0 Å². The van der Waals surface area contributed by atoms with E-state index in [4.69, 9.17) is 0 Å². The first-order valence-corrected chi connectivity index (χ1v) is 18.6. The third-order valence-corrected chi connectivity index (χ3v) is 11.5. The number of hydrogen-bond donors (Lipinski definition) is 0. The lowest BCUT2D eigenvalue weighted by atomic mass is 9.96. The second-order valence-corrected chi connectivity index (χ2v) is 14.5. The van der Waals surface area contributed by atoms with Crippen LogP contribution >= 0.6 is 11.3 Å². The van der Waals surface area contributed by atoms with Crippen molar-refractivity contribution in [1.82, 2.24) is 4.57 Å². The molecule has 10 aromatic rings. The first-order chi connectivity index (χ1) is 25.7. The van der Waals surface area contributed by atoms with E-state index in [2.05, 4.69) is 204 Å². The Morgan fingerprint density at radius 2 is 0.923 bits per heavy atom. The van der Waals surface area contributed by atoms with Crippen molar-refractivity contribution < 1.29 is 0 Å². The van der Waals surface area contributed by atoms with Gasteiger partial charge in [0.25, 0.3) is 0 Å². The van der Waals surface area contributed by atoms with Gasteiger partial charge in [0, 0.05) is 48.6 Å². The van der Waals surface area contributed by atoms with Gasteiger partial charge in [0.05, 0.1) is 5.52 Å². The fraction of sp³-hybridized carbons (Fsp3) is 0.0204. The fourth-order valence-electron chi connectivity index (χ4n) is 7.85. The highest BCUT2D eigenvalue weighted by molar-refractivity contribution is 7.25. The van der Waals surface area contributed by atoms with Gasteiger partial charge in [-0.1, -0.05) is 127 Å². The minimum atomic E-state index is 1.10. The maximum absolute atomic E-state index is 2.43. The van der Waals surface area contributed by atoms with Gasteiger partial charge in [-0.2, -0.15) is 0 Å². The van der Waals surface area contributed by atoms with Crippen LogP contribution in [0.1, 0.15) is 5.69 Å². The van der Waals surface area contributed by atoms with Gasteiger partial charge in [-0.3, -0.25) is 0 Å². The van der Waals surface area contributed by atoms with E-state index >= 15 is 0 Å². The predicted molar refractivity (Wildman–Crippen MR) is 226 cm³/mol. The number of aromatic nitrogens is 1. The van der Waals surface area contributed by atoms with E-state index in [9.17, 15) is 0 Å². The first kappa shape index (κ1) is 30.4. The highest BCUT2D eigenvalue weighted by atomic mass is 32.1. The van der Waals surface area contributed by atoms with Gasteiger partial charge in [-0.05, 0) is 105 Å². The minimum Gasteiger partial charge on any atom is -0.314 e. The number of thiophene rings is 1. The van der Waals surface area contributed by atoms with Crippen LogP contribution in [0.4, 0.5) is 17.1 Å². The zero-order valence-corrected chi connectivity index (χ0v) is 29.5. The number of aryl methyl sites for hydroxylation is 1. The van der Waals surface area contributed by atoms with E-state index in [1.807, 2.05) is 11.3 Å². The van der Waals surface area contributed by atoms with E-state index in [0.717, 1.165) is 39.3 Å². The Morgan fingerprint density at radius 3 is 1.77 bits per heavy atom. The third-order valence-electron chi connectivity index (χ3n) is 10.3. The quantitative estimate of drug-likeness (QED) is 0.168. The van der Waals surface area contributed by atoms with Crippen LogP contribution in [0, 0.1) is 6.92 Å². The molecule has 0 aliphatic rings. The Kier molecular flexibility index (Phi) is 7.26. The van der Waals surface area contributed by atoms with Gasteiger partial charge >= 0.3 is 0 Å². The Labute approximate surface area is 306 Å². The number of hydrogen-bond acceptors (Lipinski definition) is 2. The summed E-state index contributed by atoms with van der Waals surface area (Å²) in [6.45, 7) is 2.18. The molecule has 0 atom stereocenters. The third kappa shape index (κ3) is 5.09. The summed E-state index contributed by atoms with van der Waals surface area (Å²) in [5.74, 6) is 0. The van der Waals surface area contributed by atoms with Crippen molar-refractivity contribution in [2.75, 3.05) is 4.90 Å². The standard InChI is InChI=1S/C49H34N2S/c1-33-12-4-2-5-14-36-21-25-39(31-47(36)50(33)37-15-6-3-7-16-37)51(40-26-29-45-44-18-10-11-19-48(44)52-49(45)32-40)38-24-20-35-23-27-42-41-17-9-8-13-34(41)22-28-43(42)46(35)30-38/h2-32H,1H3. The molecule has 2 aromatic heterocycles. The van der Waals surface area contributed by atoms with Crippen molar-refractivity contribution in [3.05, 3.63) is 194 Å². The molecule has 0 saturated heterocycles. The van der Waals surface area contributed by atoms with Crippen LogP contribution in [0.15, 0.2) is 188 Å². The van der Waals surface area contributed by atoms with Crippen LogP contribution in [-0.4, -0.2) is 4.57 Å². The molecule has 0 radical (unpaired) electrons. The molecule has 0 spiro atoms. The average Bonchev–Trinajstić information content (AvgIpc) is 3.59. The monoisotopic (exact) mass is 682 g/mol. The van der Waals surface area contributed by atoms with Gasteiger partial charge in [0.15, 0.2) is 0 Å². The largest absolute Gasteiger partial charge is 0.314 e. The second kappa shape index (κ2) is 12.4. The molecule has 0 saturated carbocycles. The summed E-state index contributed by atoms with van der Waals surface area (Å²) in [7, 11) is 0. The SMILES string of the molecule is Cc1cccccc2ccc(N(c3ccc4c(c3)sc3ccccc34)c3ccc4ccc5c6ccccc6ccc5c4c3)cc2n1-c1ccccc1. The van der Waals surface area contributed by atoms with Gasteiger partial charge < -0.3 is 9.47 Å². The van der Waals surface area contributed by atoms with Crippen LogP contribution in [-0.2, 0) is 0 Å². The molecular weight excluding hydrogens is 649 g/mol. The molecule has 2 heterocycles. The highest BCUT2D eigenvalue weighted by Crippen LogP contribution is 2.43. The van der Waals surface area contributed by atoms with Crippen molar-refractivity contribution >= 4 is 91.8 Å². The van der Waals surface area contributed by atoms with E-state index in [1.165, 1.54) is 52.5 Å². The zero-order chi connectivity index (χ0) is 34.6. The van der Waals surface area contributed by atoms with E-state index in [-0.39, 0.29) is 0 Å². The van der Waals surface area contributed by atoms with Crippen LogP contribution in [0.3, 0.4) is 0 Å². The molecule has 0 aliphatic carbocycles. The fourth-order valence-corrected chi connectivity index (χ4v) is 8.99. The van der Waals surface area contributed by atoms with Gasteiger partial charge in [-0.25, -0.2) is 0 Å². The van der Waals surface area contributed by atoms with Crippen molar-refractivity contribution in [1.29, 1.82) is 0 Å². The molecule has 0 bridgehead atoms. The maximum atomic E-state index is 2.43. The Balaban J connectivity index is 1.27. The Bertz CT molecular complexity index is 3040. The second-order valence-electron chi connectivity index (χ2n) is 13.4. The number of anilines is 3. The normalized spacial score (nSPS) is 11.6. The van der Waals surface area contributed by atoms with Gasteiger partial charge in [0.1, 0.15) is 0 Å². The molecule has 52 heavy (non-hydrogen) atoms. The number of rotatable bonds is 4. The molecule has 3 heteroatoms. The molecular formula is C49H34N2S. The lowest BCUT2D eigenvalue weighted by molar-refractivity contribution is 1.04. The highest BCUT2D eigenvalue weighted by Gasteiger charge is 2.17. The smallest absolute Gasteiger partial charge is 0.0551 e. The van der Waals surface area contributed by atoms with Crippen LogP contribution in [0.25, 0.3) is 69.1 Å². The number of para-hydroxylation sites is 1. The maximum Gasteiger partial charge on any atom is 0.0551 e. The molecule has 2 nitrogen and oxygen atoms in total. The summed E-state index contributed by atoms with van der Waals surface area (Å²) in [4.78, 5) is 2.43. The summed E-state index contributed by atoms with van der Waals surface area (Å²) >= 11 is 1.86. The van der Waals surface area contributed by atoms with Gasteiger partial charge in [-0.15, -0.1) is 11.3 Å². The summed E-state index contributed by atoms with van der Waals surface area (Å²) in [6, 6.07) is 68.7. The van der Waals surface area contributed by atoms with Crippen LogP contribution < -0.4 is 4.90 Å². The molecule has 10 rings (SSSR count). The average molecular weight is 683 g/mol. The predicted octanol–water partition coefficient (Wildman–Crippen LogP) is 14.4. The summed E-state index contributed by atoms with van der Waals surface area (Å²) < 4.78 is 4.96. The summed E-state index contributed by atoms with van der Waals surface area (Å²) in [5.41, 5.74) is 6.74. The summed E-state index contributed by atoms with van der Waals surface area (Å²) in [6.07, 6.45) is 0. The van der Waals surface area contributed by atoms with Crippen LogP contribution in [0.2, 0.25) is 0 Å². The molecule has 0 amide bonds.